The van der Waals surface area contributed by atoms with Gasteiger partial charge in [-0.05, 0) is 35.4 Å². The van der Waals surface area contributed by atoms with E-state index in [0.717, 1.165) is 24.4 Å². The van der Waals surface area contributed by atoms with Crippen LogP contribution in [0.2, 0.25) is 0 Å². The molecular weight excluding hydrogens is 464 g/mol. The van der Waals surface area contributed by atoms with Crippen molar-refractivity contribution in [3.05, 3.63) is 84.0 Å². The molecule has 0 aliphatic carbocycles. The molecule has 2 heterocycles. The average molecular weight is 483 g/mol. The third kappa shape index (κ3) is 4.53. The number of primary amides is 1. The fourth-order valence-corrected chi connectivity index (χ4v) is 3.70. The van der Waals surface area contributed by atoms with E-state index in [-0.39, 0.29) is 22.2 Å². The summed E-state index contributed by atoms with van der Waals surface area (Å²) in [6.07, 6.45) is 1.04. The van der Waals surface area contributed by atoms with Crippen molar-refractivity contribution in [2.75, 3.05) is 7.05 Å². The zero-order chi connectivity index (χ0) is 25.3. The van der Waals surface area contributed by atoms with Gasteiger partial charge in [-0.3, -0.25) is 4.79 Å². The average Bonchev–Trinajstić information content (AvgIpc) is 3.30. The van der Waals surface area contributed by atoms with Gasteiger partial charge in [-0.15, -0.1) is 0 Å². The van der Waals surface area contributed by atoms with Crippen LogP contribution in [0.25, 0.3) is 33.3 Å². The summed E-state index contributed by atoms with van der Waals surface area (Å²) >= 11 is 0. The van der Waals surface area contributed by atoms with Gasteiger partial charge in [0.25, 0.3) is 5.91 Å². The number of benzene rings is 2. The largest absolute Gasteiger partial charge is 0.433 e. The molecule has 0 unspecified atom stereocenters. The number of hydrogen-bond donors (Lipinski definition) is 3. The maximum atomic E-state index is 14.5. The summed E-state index contributed by atoms with van der Waals surface area (Å²) in [6, 6.07) is 9.08. The summed E-state index contributed by atoms with van der Waals surface area (Å²) in [5.74, 6) is -1.93. The van der Waals surface area contributed by atoms with E-state index >= 15 is 0 Å². The number of nitrogens with one attached hydrogen (secondary N) is 1. The molecule has 0 aliphatic rings. The molecule has 178 valence electrons. The molecule has 0 radical (unpaired) electrons. The molecule has 0 saturated carbocycles. The lowest BCUT2D eigenvalue weighted by molar-refractivity contribution is -0.555. The summed E-state index contributed by atoms with van der Waals surface area (Å²) in [4.78, 5) is 19.5. The van der Waals surface area contributed by atoms with Crippen molar-refractivity contribution in [1.82, 2.24) is 14.5 Å². The first-order chi connectivity index (χ1) is 16.6. The third-order valence-electron chi connectivity index (χ3n) is 5.31. The number of aromatic nitrogens is 3. The van der Waals surface area contributed by atoms with Crippen molar-refractivity contribution >= 4 is 28.6 Å². The van der Waals surface area contributed by atoms with Gasteiger partial charge in [-0.25, -0.2) is 14.4 Å². The minimum Gasteiger partial charge on any atom is -0.366 e. The molecule has 0 atom stereocenters. The van der Waals surface area contributed by atoms with Crippen molar-refractivity contribution in [2.24, 2.45) is 5.73 Å². The molecule has 11 heteroatoms. The zero-order valence-electron chi connectivity index (χ0n) is 18.3. The first kappa shape index (κ1) is 23.8. The van der Waals surface area contributed by atoms with E-state index in [4.69, 9.17) is 11.1 Å². The maximum absolute atomic E-state index is 14.5. The molecule has 0 spiro atoms. The lowest BCUT2D eigenvalue weighted by atomic mass is 9.98. The zero-order valence-corrected chi connectivity index (χ0v) is 18.3. The molecule has 35 heavy (non-hydrogen) atoms. The monoisotopic (exact) mass is 483 g/mol. The number of nitrogens with two attached hydrogens (primary N) is 2. The minimum atomic E-state index is -4.77. The number of para-hydroxylation sites is 1. The maximum Gasteiger partial charge on any atom is 0.433 e. The van der Waals surface area contributed by atoms with Gasteiger partial charge < -0.3 is 21.0 Å². The Morgan fingerprint density at radius 1 is 1.20 bits per heavy atom. The number of carbonyl (C=O) groups excluding carboxylic acids is 1. The molecule has 4 rings (SSSR count). The Kier molecular flexibility index (Phi) is 6.18. The van der Waals surface area contributed by atoms with Gasteiger partial charge in [0.2, 0.25) is 0 Å². The summed E-state index contributed by atoms with van der Waals surface area (Å²) in [5.41, 5.74) is 5.12. The third-order valence-corrected chi connectivity index (χ3v) is 5.31. The second kappa shape index (κ2) is 9.11. The molecule has 0 bridgehead atoms. The number of imidazole rings is 1. The Hall–Kier alpha value is -4.38. The van der Waals surface area contributed by atoms with Crippen LogP contribution in [0.5, 0.6) is 0 Å². The number of halogens is 4. The van der Waals surface area contributed by atoms with Crippen LogP contribution < -0.4 is 11.1 Å². The molecule has 7 nitrogen and oxygen atoms in total. The Morgan fingerprint density at radius 2 is 1.97 bits per heavy atom. The minimum absolute atomic E-state index is 0.0168. The smallest absolute Gasteiger partial charge is 0.366 e. The van der Waals surface area contributed by atoms with Crippen LogP contribution in [0, 0.1) is 11.2 Å². The number of hydrogen-bond acceptors (Lipinski definition) is 4. The first-order valence-electron chi connectivity index (χ1n) is 10.3. The van der Waals surface area contributed by atoms with Gasteiger partial charge >= 0.3 is 6.18 Å². The Morgan fingerprint density at radius 3 is 2.60 bits per heavy atom. The predicted octanol–water partition coefficient (Wildman–Crippen LogP) is 3.53. The number of nitrogens with zero attached hydrogens (tertiary/aromatic N) is 3. The summed E-state index contributed by atoms with van der Waals surface area (Å²) in [7, 11) is 1.79. The standard InChI is InChI=1S/C24H18F4N6O/c1-31-10-14(9-29)19-11-34(12-32-19)20-4-2-3-15-17(8-21(24(26,27)28)33-22(15)20)13-5-6-16(23(30)35)18(25)7-13/h2-12,29,31H,1H3,(H2,30,35)/p+1/b14-10+,29-9?. The van der Waals surface area contributed by atoms with E-state index in [1.165, 1.54) is 17.0 Å². The van der Waals surface area contributed by atoms with Crippen LogP contribution in [-0.4, -0.2) is 33.7 Å². The van der Waals surface area contributed by atoms with Crippen molar-refractivity contribution in [1.29, 1.82) is 5.41 Å². The van der Waals surface area contributed by atoms with Crippen LogP contribution in [-0.2, 0) is 6.18 Å². The molecular formula is C24H19F4N6O+. The fraction of sp³-hybridized carbons (Fsp3) is 0.0833. The lowest BCUT2D eigenvalue weighted by Crippen LogP contribution is -2.72. The summed E-state index contributed by atoms with van der Waals surface area (Å²) < 4.78 is 57.3. The normalized spacial score (nSPS) is 12.2. The number of pyridine rings is 1. The highest BCUT2D eigenvalue weighted by atomic mass is 19.4. The predicted molar refractivity (Wildman–Crippen MR) is 122 cm³/mol. The molecule has 0 saturated heterocycles. The van der Waals surface area contributed by atoms with Crippen molar-refractivity contribution in [3.8, 4) is 16.8 Å². The molecule has 2 aromatic heterocycles. The number of fused-ring (bicyclic) bond motifs is 1. The molecule has 4 aromatic rings. The van der Waals surface area contributed by atoms with Crippen molar-refractivity contribution in [3.63, 3.8) is 0 Å². The Balaban J connectivity index is 1.98. The number of rotatable bonds is 6. The summed E-state index contributed by atoms with van der Waals surface area (Å²) in [5, 5.41) is 9.64. The van der Waals surface area contributed by atoms with Crippen LogP contribution in [0.15, 0.2) is 61.2 Å². The topological polar surface area (TPSA) is 114 Å². The second-order valence-corrected chi connectivity index (χ2v) is 7.55. The van der Waals surface area contributed by atoms with E-state index < -0.39 is 23.6 Å². The highest BCUT2D eigenvalue weighted by Crippen LogP contribution is 2.37. The van der Waals surface area contributed by atoms with Gasteiger partial charge in [0.1, 0.15) is 17.7 Å². The number of quaternary nitrogens is 1. The van der Waals surface area contributed by atoms with E-state index in [1.807, 2.05) is 0 Å². The molecule has 0 aliphatic heterocycles. The molecule has 2 aromatic carbocycles. The van der Waals surface area contributed by atoms with Crippen LogP contribution >= 0.6 is 0 Å². The first-order valence-corrected chi connectivity index (χ1v) is 10.3. The van der Waals surface area contributed by atoms with Gasteiger partial charge in [0.05, 0.1) is 41.4 Å². The van der Waals surface area contributed by atoms with Gasteiger partial charge in [-0.1, -0.05) is 18.2 Å². The lowest BCUT2D eigenvalue weighted by Gasteiger charge is -2.15. The summed E-state index contributed by atoms with van der Waals surface area (Å²) in [6.45, 7) is 0. The number of amides is 1. The SMILES string of the molecule is C[NH2+]/C=C(\C=N)c1cn(-c2cccc3c(-c4ccc(C(N)=O)c(F)c4)cc(C(F)(F)F)nc23)cn1. The van der Waals surface area contributed by atoms with Crippen LogP contribution in [0.3, 0.4) is 0 Å². The molecule has 5 N–H and O–H groups in total. The van der Waals surface area contributed by atoms with Crippen molar-refractivity contribution in [2.45, 2.75) is 6.18 Å². The van der Waals surface area contributed by atoms with Crippen LogP contribution in [0.4, 0.5) is 17.6 Å². The molecule has 0 fully saturated rings. The second-order valence-electron chi connectivity index (χ2n) is 7.55. The Labute approximate surface area is 196 Å². The number of carbonyl (C=O) groups is 1. The van der Waals surface area contributed by atoms with Gasteiger partial charge in [0.15, 0.2) is 0 Å². The van der Waals surface area contributed by atoms with Crippen molar-refractivity contribution < 1.29 is 27.7 Å². The van der Waals surface area contributed by atoms with E-state index in [2.05, 4.69) is 9.97 Å². The Bertz CT molecular complexity index is 1490. The van der Waals surface area contributed by atoms with E-state index in [9.17, 15) is 22.4 Å². The quantitative estimate of drug-likeness (QED) is 0.288. The van der Waals surface area contributed by atoms with E-state index in [0.29, 0.717) is 22.3 Å². The van der Waals surface area contributed by atoms with Gasteiger partial charge in [-0.2, -0.15) is 13.2 Å². The highest BCUT2D eigenvalue weighted by molar-refractivity contribution is 6.07. The number of alkyl halides is 3. The van der Waals surface area contributed by atoms with Crippen LogP contribution in [0.1, 0.15) is 21.7 Å². The van der Waals surface area contributed by atoms with Gasteiger partial charge in [0, 0.05) is 17.8 Å². The van der Waals surface area contributed by atoms with E-state index in [1.54, 1.807) is 43.0 Å². The molecule has 1 amide bonds. The fourth-order valence-electron chi connectivity index (χ4n) is 3.70. The number of allylic oxidation sites excluding steroid dienone is 1. The highest BCUT2D eigenvalue weighted by Gasteiger charge is 2.34.